The summed E-state index contributed by atoms with van der Waals surface area (Å²) in [6.07, 6.45) is 7.62. The summed E-state index contributed by atoms with van der Waals surface area (Å²) in [5.41, 5.74) is 1.90. The summed E-state index contributed by atoms with van der Waals surface area (Å²) < 4.78 is 14.1. The number of nitrogens with zero attached hydrogens (tertiary/aromatic N) is 1. The minimum Gasteiger partial charge on any atom is -0.490 e. The number of hydrogen-bond donors (Lipinski definition) is 0. The van der Waals surface area contributed by atoms with Gasteiger partial charge in [0.2, 0.25) is 0 Å². The molecule has 2 aromatic carbocycles. The molecule has 4 rings (SSSR count). The molecule has 0 aromatic heterocycles. The van der Waals surface area contributed by atoms with Crippen LogP contribution in [0.2, 0.25) is 0 Å². The third kappa shape index (κ3) is 6.48. The standard InChI is InChI=1S/C26H27I2NO4S/c1-2-32-22-13-19(12-21(28)24(22)33-16-18-8-10-20(27)11-9-18)14-23-25(30)29(26(31)34-23)15-17-6-4-3-5-7-17/h8-14,17H,2-7,15-16H2,1H3/b23-14+. The lowest BCUT2D eigenvalue weighted by Gasteiger charge is -2.25. The fourth-order valence-electron chi connectivity index (χ4n) is 4.25. The van der Waals surface area contributed by atoms with Crippen molar-refractivity contribution >= 4 is 74.2 Å². The Labute approximate surface area is 232 Å². The summed E-state index contributed by atoms with van der Waals surface area (Å²) in [6.45, 7) is 3.40. The first kappa shape index (κ1) is 25.8. The van der Waals surface area contributed by atoms with Crippen molar-refractivity contribution in [2.75, 3.05) is 13.2 Å². The number of ether oxygens (including phenoxy) is 2. The predicted molar refractivity (Wildman–Crippen MR) is 153 cm³/mol. The van der Waals surface area contributed by atoms with Crippen molar-refractivity contribution in [3.05, 3.63) is 59.6 Å². The molecule has 2 fully saturated rings. The van der Waals surface area contributed by atoms with Crippen LogP contribution in [-0.4, -0.2) is 29.2 Å². The van der Waals surface area contributed by atoms with Crippen LogP contribution in [0.25, 0.3) is 6.08 Å². The van der Waals surface area contributed by atoms with Crippen LogP contribution in [0.1, 0.15) is 50.2 Å². The third-order valence-electron chi connectivity index (χ3n) is 5.96. The molecular formula is C26H27I2NO4S. The van der Waals surface area contributed by atoms with Crippen molar-refractivity contribution in [1.82, 2.24) is 4.90 Å². The van der Waals surface area contributed by atoms with Crippen LogP contribution in [0.4, 0.5) is 4.79 Å². The van der Waals surface area contributed by atoms with Crippen molar-refractivity contribution < 1.29 is 19.1 Å². The molecule has 2 aromatic rings. The van der Waals surface area contributed by atoms with Gasteiger partial charge in [-0.3, -0.25) is 14.5 Å². The van der Waals surface area contributed by atoms with Gasteiger partial charge in [-0.25, -0.2) is 0 Å². The summed E-state index contributed by atoms with van der Waals surface area (Å²) in [7, 11) is 0. The molecule has 2 amide bonds. The van der Waals surface area contributed by atoms with Gasteiger partial charge in [0.15, 0.2) is 11.5 Å². The smallest absolute Gasteiger partial charge is 0.293 e. The number of thioether (sulfide) groups is 1. The monoisotopic (exact) mass is 703 g/mol. The second-order valence-electron chi connectivity index (χ2n) is 8.47. The fourth-order valence-corrected chi connectivity index (χ4v) is 6.24. The van der Waals surface area contributed by atoms with Gasteiger partial charge in [-0.1, -0.05) is 31.4 Å². The third-order valence-corrected chi connectivity index (χ3v) is 8.39. The number of imide groups is 1. The molecule has 1 saturated heterocycles. The van der Waals surface area contributed by atoms with Gasteiger partial charge in [0.05, 0.1) is 15.1 Å². The molecule has 180 valence electrons. The Morgan fingerprint density at radius 1 is 1.06 bits per heavy atom. The number of amides is 2. The van der Waals surface area contributed by atoms with Gasteiger partial charge in [0, 0.05) is 10.1 Å². The normalized spacial score (nSPS) is 18.1. The number of carbonyl (C=O) groups excluding carboxylic acids is 2. The quantitative estimate of drug-likeness (QED) is 0.211. The predicted octanol–water partition coefficient (Wildman–Crippen LogP) is 7.49. The van der Waals surface area contributed by atoms with Crippen molar-refractivity contribution in [1.29, 1.82) is 0 Å². The molecule has 0 unspecified atom stereocenters. The zero-order valence-corrected chi connectivity index (χ0v) is 24.2. The lowest BCUT2D eigenvalue weighted by Crippen LogP contribution is -2.34. The van der Waals surface area contributed by atoms with Gasteiger partial charge in [0.1, 0.15) is 6.61 Å². The minimum absolute atomic E-state index is 0.168. The largest absolute Gasteiger partial charge is 0.490 e. The molecule has 1 heterocycles. The number of benzene rings is 2. The van der Waals surface area contributed by atoms with E-state index >= 15 is 0 Å². The Hall–Kier alpha value is -1.27. The van der Waals surface area contributed by atoms with Crippen molar-refractivity contribution in [3.8, 4) is 11.5 Å². The highest BCUT2D eigenvalue weighted by Crippen LogP contribution is 2.38. The maximum absolute atomic E-state index is 13.0. The van der Waals surface area contributed by atoms with Crippen LogP contribution < -0.4 is 9.47 Å². The average Bonchev–Trinajstić information content (AvgIpc) is 3.08. The molecule has 8 heteroatoms. The summed E-state index contributed by atoms with van der Waals surface area (Å²) in [6, 6.07) is 12.0. The average molecular weight is 703 g/mol. The minimum atomic E-state index is -0.187. The Morgan fingerprint density at radius 3 is 2.50 bits per heavy atom. The molecule has 0 bridgehead atoms. The van der Waals surface area contributed by atoms with E-state index in [0.717, 1.165) is 39.3 Å². The second-order valence-corrected chi connectivity index (χ2v) is 11.9. The zero-order chi connectivity index (χ0) is 24.1. The first-order chi connectivity index (χ1) is 16.4. The van der Waals surface area contributed by atoms with Crippen LogP contribution in [0, 0.1) is 13.1 Å². The molecule has 1 aliphatic carbocycles. The van der Waals surface area contributed by atoms with Crippen LogP contribution >= 0.6 is 56.9 Å². The molecule has 0 spiro atoms. The summed E-state index contributed by atoms with van der Waals surface area (Å²) >= 11 is 5.54. The van der Waals surface area contributed by atoms with E-state index in [1.165, 1.54) is 27.7 Å². The molecule has 0 N–H and O–H groups in total. The van der Waals surface area contributed by atoms with Gasteiger partial charge in [-0.2, -0.15) is 0 Å². The summed E-state index contributed by atoms with van der Waals surface area (Å²) in [4.78, 5) is 27.5. The van der Waals surface area contributed by atoms with Gasteiger partial charge >= 0.3 is 0 Å². The lowest BCUT2D eigenvalue weighted by molar-refractivity contribution is -0.123. The van der Waals surface area contributed by atoms with E-state index in [4.69, 9.17) is 9.47 Å². The van der Waals surface area contributed by atoms with Crippen molar-refractivity contribution in [2.45, 2.75) is 45.6 Å². The van der Waals surface area contributed by atoms with Crippen molar-refractivity contribution in [3.63, 3.8) is 0 Å². The van der Waals surface area contributed by atoms with Gasteiger partial charge in [-0.15, -0.1) is 0 Å². The van der Waals surface area contributed by atoms with E-state index in [-0.39, 0.29) is 11.1 Å². The molecule has 34 heavy (non-hydrogen) atoms. The maximum Gasteiger partial charge on any atom is 0.293 e. The van der Waals surface area contributed by atoms with E-state index in [9.17, 15) is 9.59 Å². The van der Waals surface area contributed by atoms with E-state index in [1.54, 1.807) is 6.08 Å². The molecule has 1 aliphatic heterocycles. The fraction of sp³-hybridized carbons (Fsp3) is 0.385. The van der Waals surface area contributed by atoms with Crippen LogP contribution in [0.15, 0.2) is 41.3 Å². The van der Waals surface area contributed by atoms with Gasteiger partial charge in [-0.05, 0) is 124 Å². The van der Waals surface area contributed by atoms with Crippen LogP contribution in [0.5, 0.6) is 11.5 Å². The zero-order valence-electron chi connectivity index (χ0n) is 19.0. The molecule has 0 atom stereocenters. The highest BCUT2D eigenvalue weighted by atomic mass is 127. The Balaban J connectivity index is 1.51. The maximum atomic E-state index is 13.0. The Kier molecular flexibility index (Phi) is 9.20. The van der Waals surface area contributed by atoms with Crippen LogP contribution in [-0.2, 0) is 11.4 Å². The van der Waals surface area contributed by atoms with E-state index < -0.39 is 0 Å². The molecule has 1 saturated carbocycles. The van der Waals surface area contributed by atoms with Crippen molar-refractivity contribution in [2.24, 2.45) is 5.92 Å². The summed E-state index contributed by atoms with van der Waals surface area (Å²) in [5.74, 6) is 1.56. The van der Waals surface area contributed by atoms with Gasteiger partial charge in [0.25, 0.3) is 11.1 Å². The van der Waals surface area contributed by atoms with E-state index in [0.29, 0.717) is 42.1 Å². The highest BCUT2D eigenvalue weighted by molar-refractivity contribution is 14.1. The van der Waals surface area contributed by atoms with Gasteiger partial charge < -0.3 is 9.47 Å². The molecule has 2 aliphatic rings. The molecule has 5 nitrogen and oxygen atoms in total. The topological polar surface area (TPSA) is 55.8 Å². The first-order valence-electron chi connectivity index (χ1n) is 11.5. The number of halogens is 2. The highest BCUT2D eigenvalue weighted by Gasteiger charge is 2.36. The van der Waals surface area contributed by atoms with E-state index in [1.807, 2.05) is 31.2 Å². The number of carbonyl (C=O) groups is 2. The van der Waals surface area contributed by atoms with Crippen LogP contribution in [0.3, 0.4) is 0 Å². The Bertz CT molecular complexity index is 1080. The molecular weight excluding hydrogens is 676 g/mol. The van der Waals surface area contributed by atoms with E-state index in [2.05, 4.69) is 57.3 Å². The number of hydrogen-bond acceptors (Lipinski definition) is 5. The second kappa shape index (κ2) is 12.1. The first-order valence-corrected chi connectivity index (χ1v) is 14.5. The summed E-state index contributed by atoms with van der Waals surface area (Å²) in [5, 5.41) is -0.168. The molecule has 0 radical (unpaired) electrons. The number of rotatable bonds is 8. The lowest BCUT2D eigenvalue weighted by atomic mass is 9.89. The SMILES string of the molecule is CCOc1cc(/C=C2/SC(=O)N(CC3CCCCC3)C2=O)cc(I)c1OCc1ccc(I)cc1. The Morgan fingerprint density at radius 2 is 1.79 bits per heavy atom.